The Morgan fingerprint density at radius 1 is 1.16 bits per heavy atom. The number of nitrogens with zero attached hydrogens (tertiary/aromatic N) is 3. The molecule has 31 heavy (non-hydrogen) atoms. The van der Waals surface area contributed by atoms with Crippen LogP contribution in [0.5, 0.6) is 0 Å². The van der Waals surface area contributed by atoms with Crippen molar-refractivity contribution in [1.82, 2.24) is 19.7 Å². The summed E-state index contributed by atoms with van der Waals surface area (Å²) in [4.78, 5) is 15.1. The fourth-order valence-corrected chi connectivity index (χ4v) is 6.75. The zero-order chi connectivity index (χ0) is 22.4. The Morgan fingerprint density at radius 2 is 1.90 bits per heavy atom. The minimum atomic E-state index is -3.60. The Kier molecular flexibility index (Phi) is 8.52. The number of aromatic nitrogens is 1. The Hall–Kier alpha value is -1.45. The van der Waals surface area contributed by atoms with Gasteiger partial charge in [0.15, 0.2) is 5.76 Å². The average Bonchev–Trinajstić information content (AvgIpc) is 3.10. The monoisotopic (exact) mass is 454 g/mol. The highest BCUT2D eigenvalue weighted by Gasteiger charge is 2.34. The molecular weight excluding hydrogens is 416 g/mol. The number of piperidine rings is 2. The summed E-state index contributed by atoms with van der Waals surface area (Å²) < 4.78 is 32.4. The van der Waals surface area contributed by atoms with E-state index in [1.807, 2.05) is 0 Å². The second-order valence-electron chi connectivity index (χ2n) is 9.00. The topological polar surface area (TPSA) is 95.8 Å². The summed E-state index contributed by atoms with van der Waals surface area (Å²) in [5.41, 5.74) is 0.397. The van der Waals surface area contributed by atoms with Crippen LogP contribution < -0.4 is 5.32 Å². The van der Waals surface area contributed by atoms with E-state index in [1.165, 1.54) is 36.5 Å². The Morgan fingerprint density at radius 3 is 2.55 bits per heavy atom. The molecule has 2 saturated heterocycles. The van der Waals surface area contributed by atoms with Gasteiger partial charge in [0.05, 0.1) is 0 Å². The van der Waals surface area contributed by atoms with E-state index in [4.69, 9.17) is 4.52 Å². The van der Waals surface area contributed by atoms with E-state index >= 15 is 0 Å². The van der Waals surface area contributed by atoms with Crippen molar-refractivity contribution in [3.8, 4) is 0 Å². The fraction of sp³-hybridized carbons (Fsp3) is 0.818. The third kappa shape index (κ3) is 6.08. The van der Waals surface area contributed by atoms with Crippen LogP contribution in [0.2, 0.25) is 0 Å². The predicted molar refractivity (Wildman–Crippen MR) is 119 cm³/mol. The van der Waals surface area contributed by atoms with Crippen LogP contribution in [0.4, 0.5) is 0 Å². The molecule has 0 saturated carbocycles. The molecule has 0 spiro atoms. The quantitative estimate of drug-likeness (QED) is 0.577. The van der Waals surface area contributed by atoms with Gasteiger partial charge in [-0.05, 0) is 64.8 Å². The van der Waals surface area contributed by atoms with Crippen LogP contribution in [0.25, 0.3) is 0 Å². The summed E-state index contributed by atoms with van der Waals surface area (Å²) in [6.45, 7) is 9.33. The molecule has 1 aromatic rings. The molecule has 0 aromatic carbocycles. The fourth-order valence-electron chi connectivity index (χ4n) is 4.99. The number of carbonyl (C=O) groups excluding carboxylic acids is 1. The first kappa shape index (κ1) is 24.2. The molecule has 0 bridgehead atoms. The summed E-state index contributed by atoms with van der Waals surface area (Å²) in [6, 6.07) is 0.705. The number of hydrogen-bond acceptors (Lipinski definition) is 6. The predicted octanol–water partition coefficient (Wildman–Crippen LogP) is 2.85. The number of likely N-dealkylation sites (tertiary alicyclic amines) is 1. The van der Waals surface area contributed by atoms with E-state index in [-0.39, 0.29) is 16.7 Å². The van der Waals surface area contributed by atoms with Crippen molar-refractivity contribution in [2.45, 2.75) is 83.1 Å². The van der Waals surface area contributed by atoms with Crippen molar-refractivity contribution in [3.63, 3.8) is 0 Å². The number of carbonyl (C=O) groups is 1. The molecule has 2 fully saturated rings. The maximum atomic E-state index is 12.9. The van der Waals surface area contributed by atoms with Gasteiger partial charge in [-0.3, -0.25) is 4.79 Å². The minimum Gasteiger partial charge on any atom is -0.360 e. The molecular formula is C22H38N4O4S. The maximum Gasteiger partial charge on any atom is 0.248 e. The van der Waals surface area contributed by atoms with Crippen molar-refractivity contribution in [2.24, 2.45) is 5.92 Å². The van der Waals surface area contributed by atoms with Gasteiger partial charge in [0.1, 0.15) is 10.6 Å². The van der Waals surface area contributed by atoms with Crippen LogP contribution in [0.3, 0.4) is 0 Å². The van der Waals surface area contributed by atoms with E-state index in [9.17, 15) is 13.2 Å². The van der Waals surface area contributed by atoms with Crippen LogP contribution in [0.1, 0.15) is 69.7 Å². The van der Waals surface area contributed by atoms with Gasteiger partial charge in [0.2, 0.25) is 15.9 Å². The Balaban J connectivity index is 1.37. The second kappa shape index (κ2) is 10.9. The van der Waals surface area contributed by atoms with Gasteiger partial charge in [-0.1, -0.05) is 18.5 Å². The van der Waals surface area contributed by atoms with Crippen molar-refractivity contribution >= 4 is 15.9 Å². The molecule has 3 rings (SSSR count). The standard InChI is InChI=1S/C22H38N4O4S/c1-4-20-8-5-6-12-25(20)13-7-11-23-21(27)16-19-9-14-26(15-10-19)31(28,29)22-17(2)24-30-18(22)3/h19-20H,4-16H2,1-3H3,(H,23,27). The molecule has 9 heteroatoms. The highest BCUT2D eigenvalue weighted by atomic mass is 32.2. The molecule has 176 valence electrons. The molecule has 2 aliphatic rings. The molecule has 1 atom stereocenters. The van der Waals surface area contributed by atoms with Crippen molar-refractivity contribution in [2.75, 3.05) is 32.7 Å². The van der Waals surface area contributed by atoms with Crippen LogP contribution >= 0.6 is 0 Å². The molecule has 1 aromatic heterocycles. The lowest BCUT2D eigenvalue weighted by Gasteiger charge is -2.35. The number of sulfonamides is 1. The lowest BCUT2D eigenvalue weighted by molar-refractivity contribution is -0.122. The van der Waals surface area contributed by atoms with E-state index < -0.39 is 10.0 Å². The highest BCUT2D eigenvalue weighted by molar-refractivity contribution is 7.89. The zero-order valence-corrected chi connectivity index (χ0v) is 20.0. The number of nitrogens with one attached hydrogen (secondary N) is 1. The van der Waals surface area contributed by atoms with Crippen LogP contribution in [-0.4, -0.2) is 67.5 Å². The number of hydrogen-bond donors (Lipinski definition) is 1. The summed E-state index contributed by atoms with van der Waals surface area (Å²) in [5, 5.41) is 6.83. The molecule has 3 heterocycles. The largest absolute Gasteiger partial charge is 0.360 e. The zero-order valence-electron chi connectivity index (χ0n) is 19.2. The average molecular weight is 455 g/mol. The molecule has 8 nitrogen and oxygen atoms in total. The maximum absolute atomic E-state index is 12.9. The van der Waals surface area contributed by atoms with Crippen LogP contribution in [0.15, 0.2) is 9.42 Å². The number of rotatable bonds is 9. The number of amides is 1. The molecule has 0 aliphatic carbocycles. The van der Waals surface area contributed by atoms with E-state index in [0.29, 0.717) is 56.4 Å². The van der Waals surface area contributed by atoms with Gasteiger partial charge >= 0.3 is 0 Å². The van der Waals surface area contributed by atoms with Gasteiger partial charge in [-0.15, -0.1) is 0 Å². The van der Waals surface area contributed by atoms with Gasteiger partial charge in [-0.2, -0.15) is 4.31 Å². The SMILES string of the molecule is CCC1CCCCN1CCCNC(=O)CC1CCN(S(=O)(=O)c2c(C)noc2C)CC1. The van der Waals surface area contributed by atoms with Crippen molar-refractivity contribution in [3.05, 3.63) is 11.5 Å². The molecule has 1 N–H and O–H groups in total. The van der Waals surface area contributed by atoms with Crippen LogP contribution in [-0.2, 0) is 14.8 Å². The molecule has 1 unspecified atom stereocenters. The van der Waals surface area contributed by atoms with Gasteiger partial charge in [0, 0.05) is 38.6 Å². The summed E-state index contributed by atoms with van der Waals surface area (Å²) in [7, 11) is -3.60. The summed E-state index contributed by atoms with van der Waals surface area (Å²) >= 11 is 0. The van der Waals surface area contributed by atoms with Gasteiger partial charge < -0.3 is 14.7 Å². The lowest BCUT2D eigenvalue weighted by Crippen LogP contribution is -2.41. The number of aryl methyl sites for hydroxylation is 2. The van der Waals surface area contributed by atoms with E-state index in [2.05, 4.69) is 22.3 Å². The summed E-state index contributed by atoms with van der Waals surface area (Å²) in [5.74, 6) is 0.634. The molecule has 2 aliphatic heterocycles. The molecule has 0 radical (unpaired) electrons. The third-order valence-corrected chi connectivity index (χ3v) is 8.92. The first-order valence-electron chi connectivity index (χ1n) is 11.8. The Bertz CT molecular complexity index is 811. The van der Waals surface area contributed by atoms with Crippen molar-refractivity contribution in [1.29, 1.82) is 0 Å². The molecule has 1 amide bonds. The van der Waals surface area contributed by atoms with E-state index in [1.54, 1.807) is 13.8 Å². The first-order chi connectivity index (χ1) is 14.8. The lowest BCUT2D eigenvalue weighted by atomic mass is 9.94. The smallest absolute Gasteiger partial charge is 0.248 e. The Labute approximate surface area is 186 Å². The second-order valence-corrected chi connectivity index (χ2v) is 10.9. The van der Waals surface area contributed by atoms with E-state index in [0.717, 1.165) is 13.0 Å². The minimum absolute atomic E-state index is 0.0812. The normalized spacial score (nSPS) is 22.0. The van der Waals surface area contributed by atoms with Gasteiger partial charge in [-0.25, -0.2) is 8.42 Å². The van der Waals surface area contributed by atoms with Gasteiger partial charge in [0.25, 0.3) is 0 Å². The summed E-state index contributed by atoms with van der Waals surface area (Å²) in [6.07, 6.45) is 7.98. The van der Waals surface area contributed by atoms with Crippen LogP contribution in [0, 0.1) is 19.8 Å². The van der Waals surface area contributed by atoms with Crippen molar-refractivity contribution < 1.29 is 17.7 Å². The highest BCUT2D eigenvalue weighted by Crippen LogP contribution is 2.28. The first-order valence-corrected chi connectivity index (χ1v) is 13.2. The third-order valence-electron chi connectivity index (χ3n) is 6.78.